The standard InChI is InChI=1S/C13H20O/c1-3-4-11(2)5-6-12-7-9-13(14)10-8-12/h7-11,14H,3-6H2,1-2H3. The molecule has 1 heteroatoms. The first-order chi connectivity index (χ1) is 6.72. The van der Waals surface area contributed by atoms with Crippen LogP contribution < -0.4 is 0 Å². The van der Waals surface area contributed by atoms with Crippen LogP contribution in [0.5, 0.6) is 5.75 Å². The molecule has 0 amide bonds. The van der Waals surface area contributed by atoms with E-state index >= 15 is 0 Å². The molecule has 1 aromatic rings. The minimum Gasteiger partial charge on any atom is -0.508 e. The third-order valence-corrected chi connectivity index (χ3v) is 2.64. The quantitative estimate of drug-likeness (QED) is 0.753. The molecule has 0 bridgehead atoms. The molecule has 0 heterocycles. The molecule has 78 valence electrons. The Balaban J connectivity index is 2.34. The lowest BCUT2D eigenvalue weighted by Crippen LogP contribution is -1.96. The Labute approximate surface area is 86.8 Å². The first-order valence-corrected chi connectivity index (χ1v) is 5.50. The molecule has 0 aliphatic heterocycles. The molecule has 0 fully saturated rings. The van der Waals surface area contributed by atoms with Gasteiger partial charge in [0.15, 0.2) is 0 Å². The Kier molecular flexibility index (Phi) is 4.51. The SMILES string of the molecule is CCCC(C)CCc1ccc(O)cc1. The van der Waals surface area contributed by atoms with Crippen molar-refractivity contribution < 1.29 is 5.11 Å². The third kappa shape index (κ3) is 3.82. The Morgan fingerprint density at radius 2 is 1.79 bits per heavy atom. The Hall–Kier alpha value is -0.980. The van der Waals surface area contributed by atoms with Crippen LogP contribution in [0.2, 0.25) is 0 Å². The Morgan fingerprint density at radius 3 is 2.36 bits per heavy atom. The Morgan fingerprint density at radius 1 is 1.14 bits per heavy atom. The number of hydrogen-bond donors (Lipinski definition) is 1. The highest BCUT2D eigenvalue weighted by atomic mass is 16.3. The summed E-state index contributed by atoms with van der Waals surface area (Å²) in [6, 6.07) is 7.54. The molecule has 0 spiro atoms. The van der Waals surface area contributed by atoms with E-state index in [-0.39, 0.29) is 0 Å². The highest BCUT2D eigenvalue weighted by molar-refractivity contribution is 5.25. The van der Waals surface area contributed by atoms with E-state index < -0.39 is 0 Å². The molecule has 1 rings (SSSR count). The van der Waals surface area contributed by atoms with Crippen LogP contribution in [0.15, 0.2) is 24.3 Å². The van der Waals surface area contributed by atoms with Crippen molar-refractivity contribution in [3.63, 3.8) is 0 Å². The van der Waals surface area contributed by atoms with Crippen molar-refractivity contribution in [1.82, 2.24) is 0 Å². The van der Waals surface area contributed by atoms with Crippen molar-refractivity contribution in [1.29, 1.82) is 0 Å². The molecule has 1 nitrogen and oxygen atoms in total. The smallest absolute Gasteiger partial charge is 0.115 e. The van der Waals surface area contributed by atoms with Crippen molar-refractivity contribution in [2.24, 2.45) is 5.92 Å². The van der Waals surface area contributed by atoms with Crippen molar-refractivity contribution in [2.75, 3.05) is 0 Å². The lowest BCUT2D eigenvalue weighted by molar-refractivity contribution is 0.473. The lowest BCUT2D eigenvalue weighted by Gasteiger charge is -2.09. The second kappa shape index (κ2) is 5.69. The average Bonchev–Trinajstić information content (AvgIpc) is 2.17. The van der Waals surface area contributed by atoms with Gasteiger partial charge in [0.1, 0.15) is 5.75 Å². The minimum absolute atomic E-state index is 0.357. The van der Waals surface area contributed by atoms with Crippen LogP contribution in [-0.2, 0) is 6.42 Å². The summed E-state index contributed by atoms with van der Waals surface area (Å²) in [7, 11) is 0. The van der Waals surface area contributed by atoms with Gasteiger partial charge in [-0.15, -0.1) is 0 Å². The minimum atomic E-state index is 0.357. The van der Waals surface area contributed by atoms with E-state index in [0.29, 0.717) is 5.75 Å². The van der Waals surface area contributed by atoms with E-state index in [0.717, 1.165) is 12.3 Å². The fourth-order valence-corrected chi connectivity index (χ4v) is 1.71. The molecule has 0 aromatic heterocycles. The summed E-state index contributed by atoms with van der Waals surface area (Å²) in [5.74, 6) is 1.17. The number of hydrogen-bond acceptors (Lipinski definition) is 1. The van der Waals surface area contributed by atoms with Crippen LogP contribution >= 0.6 is 0 Å². The summed E-state index contributed by atoms with van der Waals surface area (Å²) in [6.07, 6.45) is 4.97. The maximum atomic E-state index is 9.12. The van der Waals surface area contributed by atoms with Crippen LogP contribution in [-0.4, -0.2) is 5.11 Å². The zero-order chi connectivity index (χ0) is 10.4. The van der Waals surface area contributed by atoms with Gasteiger partial charge in [-0.2, -0.15) is 0 Å². The predicted molar refractivity (Wildman–Crippen MR) is 60.5 cm³/mol. The van der Waals surface area contributed by atoms with E-state index in [9.17, 15) is 0 Å². The van der Waals surface area contributed by atoms with Crippen molar-refractivity contribution in [3.8, 4) is 5.75 Å². The first kappa shape index (κ1) is 11.1. The maximum absolute atomic E-state index is 9.12. The molecule has 1 N–H and O–H groups in total. The zero-order valence-electron chi connectivity index (χ0n) is 9.16. The van der Waals surface area contributed by atoms with Crippen molar-refractivity contribution in [3.05, 3.63) is 29.8 Å². The van der Waals surface area contributed by atoms with Gasteiger partial charge in [-0.1, -0.05) is 38.8 Å². The highest BCUT2D eigenvalue weighted by Crippen LogP contribution is 2.16. The molecule has 1 atom stereocenters. The summed E-state index contributed by atoms with van der Waals surface area (Å²) in [5, 5.41) is 9.12. The molecular formula is C13H20O. The van der Waals surface area contributed by atoms with Crippen LogP contribution in [0.3, 0.4) is 0 Å². The third-order valence-electron chi connectivity index (χ3n) is 2.64. The number of phenolic OH excluding ortho intramolecular Hbond substituents is 1. The van der Waals surface area contributed by atoms with Gasteiger partial charge >= 0.3 is 0 Å². The lowest BCUT2D eigenvalue weighted by atomic mass is 9.97. The molecule has 0 radical (unpaired) electrons. The van der Waals surface area contributed by atoms with Gasteiger partial charge in [0.05, 0.1) is 0 Å². The van der Waals surface area contributed by atoms with Crippen LogP contribution in [0, 0.1) is 5.92 Å². The molecule has 0 aliphatic rings. The fraction of sp³-hybridized carbons (Fsp3) is 0.538. The monoisotopic (exact) mass is 192 g/mol. The molecule has 0 saturated heterocycles. The Bertz CT molecular complexity index is 250. The first-order valence-electron chi connectivity index (χ1n) is 5.50. The predicted octanol–water partition coefficient (Wildman–Crippen LogP) is 3.76. The van der Waals surface area contributed by atoms with Crippen molar-refractivity contribution >= 4 is 0 Å². The van der Waals surface area contributed by atoms with Gasteiger partial charge in [-0.25, -0.2) is 0 Å². The second-order valence-electron chi connectivity index (χ2n) is 4.10. The number of phenols is 1. The fourth-order valence-electron chi connectivity index (χ4n) is 1.71. The highest BCUT2D eigenvalue weighted by Gasteiger charge is 2.01. The summed E-state index contributed by atoms with van der Waals surface area (Å²) >= 11 is 0. The van der Waals surface area contributed by atoms with Gasteiger partial charge in [0, 0.05) is 0 Å². The number of aromatic hydroxyl groups is 1. The van der Waals surface area contributed by atoms with E-state index in [1.807, 2.05) is 12.1 Å². The van der Waals surface area contributed by atoms with Crippen LogP contribution in [0.1, 0.15) is 38.7 Å². The molecule has 14 heavy (non-hydrogen) atoms. The van der Waals surface area contributed by atoms with Crippen LogP contribution in [0.25, 0.3) is 0 Å². The summed E-state index contributed by atoms with van der Waals surface area (Å²) in [5.41, 5.74) is 1.32. The number of benzene rings is 1. The van der Waals surface area contributed by atoms with Crippen molar-refractivity contribution in [2.45, 2.75) is 39.5 Å². The van der Waals surface area contributed by atoms with E-state index in [2.05, 4.69) is 13.8 Å². The molecule has 1 unspecified atom stereocenters. The summed E-state index contributed by atoms with van der Waals surface area (Å²) in [4.78, 5) is 0. The topological polar surface area (TPSA) is 20.2 Å². The van der Waals surface area contributed by atoms with Crippen LogP contribution in [0.4, 0.5) is 0 Å². The van der Waals surface area contributed by atoms with Gasteiger partial charge in [-0.3, -0.25) is 0 Å². The van der Waals surface area contributed by atoms with Gasteiger partial charge < -0.3 is 5.11 Å². The van der Waals surface area contributed by atoms with E-state index in [1.165, 1.54) is 24.8 Å². The average molecular weight is 192 g/mol. The van der Waals surface area contributed by atoms with E-state index in [4.69, 9.17) is 5.11 Å². The maximum Gasteiger partial charge on any atom is 0.115 e. The largest absolute Gasteiger partial charge is 0.508 e. The number of rotatable bonds is 5. The molecular weight excluding hydrogens is 172 g/mol. The normalized spacial score (nSPS) is 12.7. The summed E-state index contributed by atoms with van der Waals surface area (Å²) in [6.45, 7) is 4.54. The van der Waals surface area contributed by atoms with Gasteiger partial charge in [0.2, 0.25) is 0 Å². The zero-order valence-corrected chi connectivity index (χ0v) is 9.16. The molecule has 0 saturated carbocycles. The van der Waals surface area contributed by atoms with E-state index in [1.54, 1.807) is 12.1 Å². The second-order valence-corrected chi connectivity index (χ2v) is 4.10. The summed E-state index contributed by atoms with van der Waals surface area (Å²) < 4.78 is 0. The van der Waals surface area contributed by atoms with Gasteiger partial charge in [-0.05, 0) is 36.5 Å². The molecule has 0 aliphatic carbocycles. The van der Waals surface area contributed by atoms with Gasteiger partial charge in [0.25, 0.3) is 0 Å². The molecule has 1 aromatic carbocycles. The number of aryl methyl sites for hydroxylation is 1.